The Hall–Kier alpha value is -1.62. The normalized spacial score (nSPS) is 12.2. The molecule has 94 valence electrons. The molecule has 0 fully saturated rings. The zero-order valence-corrected chi connectivity index (χ0v) is 9.87. The van der Waals surface area contributed by atoms with E-state index in [1.165, 1.54) is 19.2 Å². The molecule has 0 aliphatic carbocycles. The first-order valence-electron chi connectivity index (χ1n) is 5.36. The van der Waals surface area contributed by atoms with E-state index < -0.39 is 11.7 Å². The highest BCUT2D eigenvalue weighted by Gasteiger charge is 2.15. The predicted molar refractivity (Wildman–Crippen MR) is 61.5 cm³/mol. The molecule has 0 radical (unpaired) electrons. The van der Waals surface area contributed by atoms with E-state index in [1.54, 1.807) is 0 Å². The van der Waals surface area contributed by atoms with Crippen LogP contribution in [0.4, 0.5) is 4.39 Å². The number of ether oxygens (including phenoxy) is 1. The van der Waals surface area contributed by atoms with Crippen LogP contribution in [0.15, 0.2) is 18.2 Å². The van der Waals surface area contributed by atoms with Crippen LogP contribution in [0.25, 0.3) is 0 Å². The van der Waals surface area contributed by atoms with E-state index in [0.717, 1.165) is 6.07 Å². The maximum Gasteiger partial charge on any atom is 0.254 e. The molecular formula is C12H16FNO3. The van der Waals surface area contributed by atoms with Crippen LogP contribution in [-0.2, 0) is 4.74 Å². The second-order valence-electron chi connectivity index (χ2n) is 3.70. The van der Waals surface area contributed by atoms with Gasteiger partial charge in [-0.2, -0.15) is 0 Å². The summed E-state index contributed by atoms with van der Waals surface area (Å²) in [7, 11) is 1.54. The van der Waals surface area contributed by atoms with Crippen molar-refractivity contribution in [3.63, 3.8) is 0 Å². The van der Waals surface area contributed by atoms with Gasteiger partial charge >= 0.3 is 0 Å². The van der Waals surface area contributed by atoms with Gasteiger partial charge in [0.2, 0.25) is 0 Å². The molecule has 1 rings (SSSR count). The smallest absolute Gasteiger partial charge is 0.254 e. The minimum Gasteiger partial charge on any atom is -0.508 e. The molecule has 2 N–H and O–H groups in total. The first kappa shape index (κ1) is 13.4. The summed E-state index contributed by atoms with van der Waals surface area (Å²) in [5.41, 5.74) is -0.0858. The summed E-state index contributed by atoms with van der Waals surface area (Å²) in [6.07, 6.45) is 0.694. The number of phenols is 1. The van der Waals surface area contributed by atoms with Gasteiger partial charge in [0.15, 0.2) is 0 Å². The monoisotopic (exact) mass is 241 g/mol. The van der Waals surface area contributed by atoms with Crippen molar-refractivity contribution >= 4 is 5.91 Å². The first-order chi connectivity index (χ1) is 8.08. The highest BCUT2D eigenvalue weighted by Crippen LogP contribution is 2.15. The highest BCUT2D eigenvalue weighted by atomic mass is 19.1. The topological polar surface area (TPSA) is 58.6 Å². The number of rotatable bonds is 5. The van der Waals surface area contributed by atoms with Crippen molar-refractivity contribution in [2.45, 2.75) is 19.4 Å². The molecule has 1 amide bonds. The number of halogens is 1. The lowest BCUT2D eigenvalue weighted by atomic mass is 10.1. The fourth-order valence-corrected chi connectivity index (χ4v) is 1.41. The molecule has 0 bridgehead atoms. The summed E-state index contributed by atoms with van der Waals surface area (Å²) >= 11 is 0. The number of carbonyl (C=O) groups is 1. The number of nitrogens with one attached hydrogen (secondary N) is 1. The Bertz CT molecular complexity index is 395. The van der Waals surface area contributed by atoms with Crippen molar-refractivity contribution in [2.75, 3.05) is 13.7 Å². The van der Waals surface area contributed by atoms with Crippen molar-refractivity contribution < 1.29 is 19.0 Å². The first-order valence-corrected chi connectivity index (χ1v) is 5.36. The Balaban J connectivity index is 2.75. The number of aromatic hydroxyl groups is 1. The average Bonchev–Trinajstić information content (AvgIpc) is 2.28. The van der Waals surface area contributed by atoms with Gasteiger partial charge in [-0.25, -0.2) is 4.39 Å². The average molecular weight is 241 g/mol. The van der Waals surface area contributed by atoms with Crippen LogP contribution < -0.4 is 5.32 Å². The van der Waals surface area contributed by atoms with Gasteiger partial charge in [-0.15, -0.1) is 0 Å². The Morgan fingerprint density at radius 1 is 1.59 bits per heavy atom. The third-order valence-electron chi connectivity index (χ3n) is 2.39. The van der Waals surface area contributed by atoms with E-state index in [0.29, 0.717) is 13.0 Å². The molecule has 1 aromatic rings. The van der Waals surface area contributed by atoms with Crippen LogP contribution in [0.3, 0.4) is 0 Å². The summed E-state index contributed by atoms with van der Waals surface area (Å²) in [6, 6.07) is 3.28. The molecule has 1 atom stereocenters. The molecule has 0 saturated carbocycles. The Morgan fingerprint density at radius 3 is 2.82 bits per heavy atom. The Kier molecular flexibility index (Phi) is 4.90. The Labute approximate surface area is 99.4 Å². The fraction of sp³-hybridized carbons (Fsp3) is 0.417. The molecule has 0 aliphatic heterocycles. The van der Waals surface area contributed by atoms with Gasteiger partial charge in [-0.3, -0.25) is 4.79 Å². The fourth-order valence-electron chi connectivity index (χ4n) is 1.41. The molecular weight excluding hydrogens is 225 g/mol. The molecule has 1 aromatic carbocycles. The number of hydrogen-bond donors (Lipinski definition) is 2. The maximum atomic E-state index is 13.4. The molecule has 0 aliphatic rings. The molecule has 0 aromatic heterocycles. The van der Waals surface area contributed by atoms with Crippen LogP contribution in [0.1, 0.15) is 23.7 Å². The number of hydrogen-bond acceptors (Lipinski definition) is 3. The SMILES string of the molecule is CCC(COC)NC(=O)c1ccc(O)cc1F. The lowest BCUT2D eigenvalue weighted by Crippen LogP contribution is -2.37. The van der Waals surface area contributed by atoms with Crippen LogP contribution in [0.2, 0.25) is 0 Å². The number of carbonyl (C=O) groups excluding carboxylic acids is 1. The number of benzene rings is 1. The zero-order valence-electron chi connectivity index (χ0n) is 9.87. The summed E-state index contributed by atoms with van der Waals surface area (Å²) in [4.78, 5) is 11.7. The summed E-state index contributed by atoms with van der Waals surface area (Å²) in [5, 5.41) is 11.7. The van der Waals surface area contributed by atoms with E-state index in [-0.39, 0.29) is 17.4 Å². The van der Waals surface area contributed by atoms with E-state index >= 15 is 0 Å². The van der Waals surface area contributed by atoms with Gasteiger partial charge in [0, 0.05) is 13.2 Å². The largest absolute Gasteiger partial charge is 0.508 e. The summed E-state index contributed by atoms with van der Waals surface area (Å²) in [6.45, 7) is 2.28. The Morgan fingerprint density at radius 2 is 2.29 bits per heavy atom. The standard InChI is InChI=1S/C12H16FNO3/c1-3-8(7-17-2)14-12(16)10-5-4-9(15)6-11(10)13/h4-6,8,15H,3,7H2,1-2H3,(H,14,16). The van der Waals surface area contributed by atoms with Crippen molar-refractivity contribution in [2.24, 2.45) is 0 Å². The number of phenolic OH excluding ortho intramolecular Hbond substituents is 1. The van der Waals surface area contributed by atoms with Gasteiger partial charge in [0.05, 0.1) is 18.2 Å². The second-order valence-corrected chi connectivity index (χ2v) is 3.70. The van der Waals surface area contributed by atoms with Crippen molar-refractivity contribution in [3.8, 4) is 5.75 Å². The quantitative estimate of drug-likeness (QED) is 0.824. The molecule has 0 heterocycles. The van der Waals surface area contributed by atoms with E-state index in [4.69, 9.17) is 9.84 Å². The molecule has 4 nitrogen and oxygen atoms in total. The van der Waals surface area contributed by atoms with E-state index in [1.807, 2.05) is 6.92 Å². The highest BCUT2D eigenvalue weighted by molar-refractivity contribution is 5.94. The third-order valence-corrected chi connectivity index (χ3v) is 2.39. The van der Waals surface area contributed by atoms with E-state index in [2.05, 4.69) is 5.32 Å². The van der Waals surface area contributed by atoms with Crippen LogP contribution >= 0.6 is 0 Å². The van der Waals surface area contributed by atoms with Gasteiger partial charge < -0.3 is 15.2 Å². The summed E-state index contributed by atoms with van der Waals surface area (Å²) < 4.78 is 18.3. The van der Waals surface area contributed by atoms with Gasteiger partial charge in [-0.05, 0) is 18.6 Å². The van der Waals surface area contributed by atoms with Crippen LogP contribution in [-0.4, -0.2) is 30.8 Å². The second kappa shape index (κ2) is 6.20. The number of methoxy groups -OCH3 is 1. The molecule has 0 saturated heterocycles. The third kappa shape index (κ3) is 3.71. The minimum atomic E-state index is -0.741. The lowest BCUT2D eigenvalue weighted by molar-refractivity contribution is 0.0890. The number of amides is 1. The zero-order chi connectivity index (χ0) is 12.8. The van der Waals surface area contributed by atoms with Gasteiger partial charge in [0.25, 0.3) is 5.91 Å². The van der Waals surface area contributed by atoms with Crippen LogP contribution in [0, 0.1) is 5.82 Å². The van der Waals surface area contributed by atoms with E-state index in [9.17, 15) is 9.18 Å². The van der Waals surface area contributed by atoms with Crippen molar-refractivity contribution in [3.05, 3.63) is 29.6 Å². The van der Waals surface area contributed by atoms with Gasteiger partial charge in [-0.1, -0.05) is 6.92 Å². The predicted octanol–water partition coefficient (Wildman–Crippen LogP) is 1.69. The molecule has 17 heavy (non-hydrogen) atoms. The van der Waals surface area contributed by atoms with Crippen molar-refractivity contribution in [1.29, 1.82) is 0 Å². The van der Waals surface area contributed by atoms with Crippen molar-refractivity contribution in [1.82, 2.24) is 5.32 Å². The van der Waals surface area contributed by atoms with Gasteiger partial charge in [0.1, 0.15) is 11.6 Å². The summed E-state index contributed by atoms with van der Waals surface area (Å²) in [5.74, 6) is -1.45. The lowest BCUT2D eigenvalue weighted by Gasteiger charge is -2.16. The minimum absolute atomic E-state index is 0.0858. The molecule has 5 heteroatoms. The molecule has 0 spiro atoms. The van der Waals surface area contributed by atoms with Crippen LogP contribution in [0.5, 0.6) is 5.75 Å². The maximum absolute atomic E-state index is 13.4. The molecule has 1 unspecified atom stereocenters.